The highest BCUT2D eigenvalue weighted by Crippen LogP contribution is 2.25. The minimum absolute atomic E-state index is 0.0407. The Morgan fingerprint density at radius 1 is 0.740 bits per heavy atom. The minimum Gasteiger partial charge on any atom is -0.467 e. The van der Waals surface area contributed by atoms with Crippen molar-refractivity contribution in [2.45, 2.75) is 111 Å². The second-order valence-electron chi connectivity index (χ2n) is 13.2. The van der Waals surface area contributed by atoms with Gasteiger partial charge in [-0.05, 0) is 61.2 Å². The zero-order valence-electron chi connectivity index (χ0n) is 31.5. The van der Waals surface area contributed by atoms with Crippen molar-refractivity contribution in [1.82, 2.24) is 14.7 Å². The highest BCUT2D eigenvalue weighted by Gasteiger charge is 2.44. The summed E-state index contributed by atoms with van der Waals surface area (Å²) in [5.41, 5.74) is -1.36. The maximum absolute atomic E-state index is 12.1. The van der Waals surface area contributed by atoms with E-state index in [1.54, 1.807) is 41.5 Å². The zero-order valence-corrected chi connectivity index (χ0v) is 33.9. The van der Waals surface area contributed by atoms with Crippen LogP contribution in [0.2, 0.25) is 0 Å². The van der Waals surface area contributed by atoms with E-state index in [9.17, 15) is 41.1 Å². The first kappa shape index (κ1) is 49.7. The number of likely N-dealkylation sites (tertiary alicyclic amines) is 2. The van der Waals surface area contributed by atoms with Gasteiger partial charge in [-0.1, -0.05) is 20.8 Å². The monoisotopic (exact) mass is 783 g/mol. The second-order valence-corrected chi connectivity index (χ2v) is 17.8. The molecule has 1 N–H and O–H groups in total. The number of esters is 2. The van der Waals surface area contributed by atoms with Crippen LogP contribution in [-0.2, 0) is 51.9 Å². The van der Waals surface area contributed by atoms with Gasteiger partial charge >= 0.3 is 24.1 Å². The summed E-state index contributed by atoms with van der Waals surface area (Å²) in [4.78, 5) is 51.8. The summed E-state index contributed by atoms with van der Waals surface area (Å²) < 4.78 is 65.6. The van der Waals surface area contributed by atoms with Gasteiger partial charge in [0.25, 0.3) is 10.1 Å². The minimum atomic E-state index is -3.68. The number of methoxy groups -OCH3 is 2. The van der Waals surface area contributed by atoms with Gasteiger partial charge in [0.2, 0.25) is 9.05 Å². The number of carbonyl (C=O) groups excluding carboxylic acids is 4. The van der Waals surface area contributed by atoms with Crippen LogP contribution in [0.25, 0.3) is 0 Å². The Morgan fingerprint density at radius 3 is 1.36 bits per heavy atom. The van der Waals surface area contributed by atoms with Gasteiger partial charge in [0.15, 0.2) is 0 Å². The quantitative estimate of drug-likeness (QED) is 0.170. The van der Waals surface area contributed by atoms with Crippen molar-refractivity contribution >= 4 is 54.0 Å². The molecule has 4 atom stereocenters. The number of halogens is 1. The van der Waals surface area contributed by atoms with E-state index in [0.717, 1.165) is 17.4 Å². The molecule has 2 heterocycles. The molecular weight excluding hydrogens is 726 g/mol. The first-order valence-electron chi connectivity index (χ1n) is 15.8. The molecule has 17 nitrogen and oxygen atoms in total. The lowest BCUT2D eigenvalue weighted by atomic mass is 10.2. The Morgan fingerprint density at radius 2 is 1.08 bits per heavy atom. The molecule has 296 valence electrons. The van der Waals surface area contributed by atoms with Gasteiger partial charge in [0.1, 0.15) is 23.3 Å². The number of rotatable bonds is 7. The van der Waals surface area contributed by atoms with Gasteiger partial charge < -0.3 is 29.0 Å². The van der Waals surface area contributed by atoms with E-state index in [0.29, 0.717) is 0 Å². The maximum Gasteiger partial charge on any atom is 0.411 e. The number of amides is 2. The first-order chi connectivity index (χ1) is 22.5. The summed E-state index contributed by atoms with van der Waals surface area (Å²) >= 11 is 0. The Bertz CT molecular complexity index is 1280. The number of β-amino-alcohol motifs (C(OH)–C–C–N with tert-alkyl or cyclic N) is 1. The molecule has 0 saturated carbocycles. The molecule has 0 bridgehead atoms. The zero-order chi connectivity index (χ0) is 39.8. The van der Waals surface area contributed by atoms with Crippen molar-refractivity contribution in [3.05, 3.63) is 0 Å². The predicted octanol–water partition coefficient (Wildman–Crippen LogP) is 2.58. The molecule has 2 fully saturated rings. The fourth-order valence-electron chi connectivity index (χ4n) is 4.36. The summed E-state index contributed by atoms with van der Waals surface area (Å²) in [6.07, 6.45) is -0.763. The Balaban J connectivity index is 0. The van der Waals surface area contributed by atoms with Crippen LogP contribution in [0, 0.1) is 0 Å². The van der Waals surface area contributed by atoms with Crippen LogP contribution < -0.4 is 0 Å². The molecule has 0 aromatic heterocycles. The van der Waals surface area contributed by atoms with Crippen LogP contribution in [0.4, 0.5) is 9.59 Å². The van der Waals surface area contributed by atoms with E-state index in [4.69, 9.17) is 13.7 Å². The van der Waals surface area contributed by atoms with Gasteiger partial charge in [-0.2, -0.15) is 8.42 Å². The molecule has 0 aromatic rings. The third-order valence-corrected chi connectivity index (χ3v) is 7.02. The third kappa shape index (κ3) is 23.1. The van der Waals surface area contributed by atoms with E-state index >= 15 is 0 Å². The van der Waals surface area contributed by atoms with E-state index in [-0.39, 0.29) is 25.9 Å². The molecule has 0 unspecified atom stereocenters. The van der Waals surface area contributed by atoms with Crippen molar-refractivity contribution in [3.8, 4) is 0 Å². The lowest BCUT2D eigenvalue weighted by Gasteiger charge is -2.27. The summed E-state index contributed by atoms with van der Waals surface area (Å²) in [5.74, 6) is -1.17. The molecule has 2 aliphatic rings. The van der Waals surface area contributed by atoms with Crippen LogP contribution in [0.3, 0.4) is 0 Å². The van der Waals surface area contributed by atoms with Crippen molar-refractivity contribution in [2.75, 3.05) is 59.5 Å². The van der Waals surface area contributed by atoms with Gasteiger partial charge in [-0.15, -0.1) is 0 Å². The lowest BCUT2D eigenvalue weighted by molar-refractivity contribution is -0.146. The number of hydrogen-bond donors (Lipinski definition) is 1. The number of hydrogen-bond acceptors (Lipinski definition) is 15. The smallest absolute Gasteiger partial charge is 0.411 e. The lowest BCUT2D eigenvalue weighted by Crippen LogP contribution is -2.44. The summed E-state index contributed by atoms with van der Waals surface area (Å²) in [7, 11) is 0.0744. The van der Waals surface area contributed by atoms with Gasteiger partial charge in [0.05, 0.1) is 52.0 Å². The number of carbonyl (C=O) groups is 4. The highest BCUT2D eigenvalue weighted by molar-refractivity contribution is 8.13. The van der Waals surface area contributed by atoms with E-state index in [1.165, 1.54) is 38.8 Å². The first-order valence-corrected chi connectivity index (χ1v) is 20.4. The van der Waals surface area contributed by atoms with Crippen molar-refractivity contribution < 1.29 is 64.3 Å². The molecular formula is C30H58ClN3O14S2. The molecule has 20 heteroatoms. The largest absolute Gasteiger partial charge is 0.467 e. The van der Waals surface area contributed by atoms with Crippen molar-refractivity contribution in [1.29, 1.82) is 0 Å². The number of aliphatic hydroxyl groups is 1. The van der Waals surface area contributed by atoms with E-state index in [2.05, 4.69) is 45.8 Å². The highest BCUT2D eigenvalue weighted by atomic mass is 35.7. The van der Waals surface area contributed by atoms with Crippen LogP contribution in [0.15, 0.2) is 0 Å². The average molecular weight is 784 g/mol. The van der Waals surface area contributed by atoms with Gasteiger partial charge in [-0.25, -0.2) is 27.6 Å². The Kier molecular flexibility index (Phi) is 21.7. The standard InChI is InChI=1S/C12H21NO7S.C11H19NO5.C6H15N.CH3ClO2S/c1-12(2,3)19-11(15)13-7-8(20-21(5,16)17)6-9(13)10(14)18-4;1-11(2,3)17-10(15)12-6-7(13)5-8(12)9(14)16-4;1-4-7(5-2)6-3;1-5(2,3)4/h8-9H,6-7H2,1-5H3;7-8,13H,5-6H2,1-4H3;4-6H2,1-3H3;1H3/t8-,9+;7-,8-;;/m10../s1. The molecule has 2 saturated heterocycles. The summed E-state index contributed by atoms with van der Waals surface area (Å²) in [5, 5.41) is 9.50. The second kappa shape index (κ2) is 21.8. The van der Waals surface area contributed by atoms with Crippen LogP contribution >= 0.6 is 10.7 Å². The Labute approximate surface area is 302 Å². The number of aliphatic hydroxyl groups excluding tert-OH is 1. The fraction of sp³-hybridized carbons (Fsp3) is 0.867. The molecule has 2 rings (SSSR count). The molecule has 2 aliphatic heterocycles. The van der Waals surface area contributed by atoms with Crippen LogP contribution in [0.5, 0.6) is 0 Å². The number of nitrogens with zero attached hydrogens (tertiary/aromatic N) is 3. The SMILES string of the molecule is CCN(CC)CC.COC(=O)[C@@H]1C[C@@H](OS(C)(=O)=O)CN1C(=O)OC(C)(C)C.COC(=O)[C@@H]1C[C@H](O)CN1C(=O)OC(C)(C)C.CS(=O)(=O)Cl. The molecule has 0 aliphatic carbocycles. The Hall–Kier alpha value is -2.45. The molecule has 0 radical (unpaired) electrons. The number of ether oxygens (including phenoxy) is 4. The molecule has 0 spiro atoms. The van der Waals surface area contributed by atoms with Gasteiger partial charge in [0, 0.05) is 23.5 Å². The third-order valence-electron chi connectivity index (χ3n) is 6.40. The predicted molar refractivity (Wildman–Crippen MR) is 187 cm³/mol. The van der Waals surface area contributed by atoms with Crippen molar-refractivity contribution in [2.24, 2.45) is 0 Å². The van der Waals surface area contributed by atoms with Crippen LogP contribution in [0.1, 0.15) is 75.2 Å². The average Bonchev–Trinajstić information content (AvgIpc) is 3.54. The molecule has 50 heavy (non-hydrogen) atoms. The topological polar surface area (TPSA) is 213 Å². The van der Waals surface area contributed by atoms with Crippen LogP contribution in [-0.4, -0.2) is 156 Å². The van der Waals surface area contributed by atoms with E-state index in [1.807, 2.05) is 0 Å². The molecule has 0 aromatic carbocycles. The van der Waals surface area contributed by atoms with E-state index < -0.39 is 78.8 Å². The maximum atomic E-state index is 12.1. The molecule has 2 amide bonds. The normalized spacial score (nSPS) is 20.6. The fourth-order valence-corrected chi connectivity index (χ4v) is 5.00. The van der Waals surface area contributed by atoms with Crippen molar-refractivity contribution in [3.63, 3.8) is 0 Å². The summed E-state index contributed by atoms with van der Waals surface area (Å²) in [6.45, 7) is 20.5. The van der Waals surface area contributed by atoms with Gasteiger partial charge in [-0.3, -0.25) is 14.0 Å². The summed E-state index contributed by atoms with van der Waals surface area (Å²) in [6, 6.07) is -1.68.